The predicted molar refractivity (Wildman–Crippen MR) is 115 cm³/mol. The molecule has 0 saturated carbocycles. The van der Waals surface area contributed by atoms with Gasteiger partial charge in [0.2, 0.25) is 5.91 Å². The first-order chi connectivity index (χ1) is 14.6. The molecule has 1 saturated heterocycles. The summed E-state index contributed by atoms with van der Waals surface area (Å²) in [6.45, 7) is 3.01. The molecule has 3 aromatic rings. The largest absolute Gasteiger partial charge is 0.355 e. The van der Waals surface area contributed by atoms with Gasteiger partial charge in [-0.25, -0.2) is 0 Å². The average Bonchev–Trinajstić information content (AvgIpc) is 2.80. The van der Waals surface area contributed by atoms with Crippen LogP contribution in [0.1, 0.15) is 30.1 Å². The van der Waals surface area contributed by atoms with Gasteiger partial charge in [0, 0.05) is 48.2 Å². The van der Waals surface area contributed by atoms with Crippen molar-refractivity contribution in [3.8, 4) is 11.3 Å². The number of carbonyl (C=O) groups excluding carboxylic acids is 2. The van der Waals surface area contributed by atoms with E-state index in [1.165, 1.54) is 6.92 Å². The summed E-state index contributed by atoms with van der Waals surface area (Å²) in [7, 11) is 0. The van der Waals surface area contributed by atoms with E-state index in [2.05, 4.69) is 25.4 Å². The maximum atomic E-state index is 12.6. The Kier molecular flexibility index (Phi) is 5.79. The van der Waals surface area contributed by atoms with Crippen LogP contribution in [0.3, 0.4) is 0 Å². The summed E-state index contributed by atoms with van der Waals surface area (Å²) in [6, 6.07) is 14.8. The summed E-state index contributed by atoms with van der Waals surface area (Å²) >= 11 is 0. The first-order valence-electron chi connectivity index (χ1n) is 10.0. The first kappa shape index (κ1) is 19.7. The SMILES string of the molecule is CC(=O)c1cccc(NC(=O)C2CCN(c3ccc(-c4ccncc4)nn3)CC2)c1. The second-order valence-electron chi connectivity index (χ2n) is 7.40. The van der Waals surface area contributed by atoms with Crippen LogP contribution in [0.4, 0.5) is 11.5 Å². The molecule has 1 aromatic carbocycles. The molecule has 0 unspecified atom stereocenters. The molecule has 3 heterocycles. The van der Waals surface area contributed by atoms with Gasteiger partial charge in [-0.3, -0.25) is 14.6 Å². The van der Waals surface area contributed by atoms with Crippen molar-refractivity contribution in [2.45, 2.75) is 19.8 Å². The van der Waals surface area contributed by atoms with Crippen LogP contribution in [0.5, 0.6) is 0 Å². The fourth-order valence-electron chi connectivity index (χ4n) is 3.60. The molecule has 7 heteroatoms. The summed E-state index contributed by atoms with van der Waals surface area (Å²) in [5.74, 6) is 0.733. The van der Waals surface area contributed by atoms with Crippen LogP contribution in [0, 0.1) is 5.92 Å². The number of hydrogen-bond acceptors (Lipinski definition) is 6. The van der Waals surface area contributed by atoms with Crippen molar-refractivity contribution in [1.29, 1.82) is 0 Å². The summed E-state index contributed by atoms with van der Waals surface area (Å²) in [4.78, 5) is 30.3. The van der Waals surface area contributed by atoms with Crippen LogP contribution in [0.15, 0.2) is 60.9 Å². The number of nitrogens with zero attached hydrogens (tertiary/aromatic N) is 4. The summed E-state index contributed by atoms with van der Waals surface area (Å²) in [5.41, 5.74) is 3.04. The Bertz CT molecular complexity index is 1030. The molecule has 0 atom stereocenters. The van der Waals surface area contributed by atoms with Crippen LogP contribution in [0.25, 0.3) is 11.3 Å². The molecular weight excluding hydrogens is 378 g/mol. The molecule has 2 aromatic heterocycles. The molecule has 1 aliphatic heterocycles. The van der Waals surface area contributed by atoms with E-state index >= 15 is 0 Å². The number of amides is 1. The van der Waals surface area contributed by atoms with Crippen molar-refractivity contribution in [1.82, 2.24) is 15.2 Å². The number of piperidine rings is 1. The van der Waals surface area contributed by atoms with Gasteiger partial charge in [-0.05, 0) is 56.2 Å². The second-order valence-corrected chi connectivity index (χ2v) is 7.40. The molecule has 4 rings (SSSR count). The quantitative estimate of drug-likeness (QED) is 0.657. The van der Waals surface area contributed by atoms with Crippen molar-refractivity contribution < 1.29 is 9.59 Å². The number of Topliss-reactive ketones (excluding diaryl/α,β-unsaturated/α-hetero) is 1. The van der Waals surface area contributed by atoms with Gasteiger partial charge in [-0.2, -0.15) is 0 Å². The van der Waals surface area contributed by atoms with Crippen molar-refractivity contribution >= 4 is 23.2 Å². The van der Waals surface area contributed by atoms with Gasteiger partial charge in [0.1, 0.15) is 0 Å². The number of benzene rings is 1. The molecule has 0 radical (unpaired) electrons. The van der Waals surface area contributed by atoms with E-state index in [1.807, 2.05) is 24.3 Å². The minimum absolute atomic E-state index is 0.00512. The van der Waals surface area contributed by atoms with Crippen LogP contribution < -0.4 is 10.2 Å². The second kappa shape index (κ2) is 8.82. The van der Waals surface area contributed by atoms with E-state index in [0.717, 1.165) is 43.0 Å². The van der Waals surface area contributed by atoms with Crippen LogP contribution in [-0.4, -0.2) is 40.0 Å². The van der Waals surface area contributed by atoms with E-state index in [-0.39, 0.29) is 17.6 Å². The minimum Gasteiger partial charge on any atom is -0.355 e. The lowest BCUT2D eigenvalue weighted by Crippen LogP contribution is -2.38. The third-order valence-corrected chi connectivity index (χ3v) is 5.35. The van der Waals surface area contributed by atoms with E-state index in [9.17, 15) is 9.59 Å². The Labute approximate surface area is 175 Å². The molecule has 0 aliphatic carbocycles. The van der Waals surface area contributed by atoms with Gasteiger partial charge in [0.05, 0.1) is 5.69 Å². The number of carbonyl (C=O) groups is 2. The Morgan fingerprint density at radius 2 is 1.77 bits per heavy atom. The Morgan fingerprint density at radius 1 is 1.00 bits per heavy atom. The number of pyridine rings is 1. The van der Waals surface area contributed by atoms with Crippen LogP contribution in [0.2, 0.25) is 0 Å². The number of rotatable bonds is 5. The molecular formula is C23H23N5O2. The predicted octanol–water partition coefficient (Wildman–Crippen LogP) is 3.60. The Morgan fingerprint density at radius 3 is 2.43 bits per heavy atom. The van der Waals surface area contributed by atoms with Gasteiger partial charge in [0.15, 0.2) is 11.6 Å². The number of anilines is 2. The first-order valence-corrected chi connectivity index (χ1v) is 10.0. The van der Waals surface area contributed by atoms with Gasteiger partial charge in [-0.15, -0.1) is 10.2 Å². The zero-order valence-corrected chi connectivity index (χ0v) is 16.8. The third-order valence-electron chi connectivity index (χ3n) is 5.35. The van der Waals surface area contributed by atoms with E-state index in [1.54, 1.807) is 36.7 Å². The molecule has 152 valence electrons. The van der Waals surface area contributed by atoms with Gasteiger partial charge in [-0.1, -0.05) is 12.1 Å². The Hall–Kier alpha value is -3.61. The van der Waals surface area contributed by atoms with Crippen molar-refractivity contribution in [2.75, 3.05) is 23.3 Å². The number of nitrogens with one attached hydrogen (secondary N) is 1. The normalized spacial score (nSPS) is 14.4. The van der Waals surface area contributed by atoms with Crippen molar-refractivity contribution in [2.24, 2.45) is 5.92 Å². The van der Waals surface area contributed by atoms with E-state index in [0.29, 0.717) is 11.3 Å². The zero-order chi connectivity index (χ0) is 20.9. The highest BCUT2D eigenvalue weighted by molar-refractivity contribution is 5.97. The number of hydrogen-bond donors (Lipinski definition) is 1. The molecule has 1 amide bonds. The summed E-state index contributed by atoms with van der Waals surface area (Å²) in [6.07, 6.45) is 4.95. The number of aromatic nitrogens is 3. The highest BCUT2D eigenvalue weighted by Gasteiger charge is 2.26. The highest BCUT2D eigenvalue weighted by atomic mass is 16.2. The smallest absolute Gasteiger partial charge is 0.227 e. The number of ketones is 1. The van der Waals surface area contributed by atoms with Crippen LogP contribution in [-0.2, 0) is 4.79 Å². The molecule has 7 nitrogen and oxygen atoms in total. The van der Waals surface area contributed by atoms with Gasteiger partial charge < -0.3 is 10.2 Å². The van der Waals surface area contributed by atoms with Gasteiger partial charge in [0.25, 0.3) is 0 Å². The molecule has 1 aliphatic rings. The van der Waals surface area contributed by atoms with Gasteiger partial charge >= 0.3 is 0 Å². The zero-order valence-electron chi connectivity index (χ0n) is 16.8. The maximum Gasteiger partial charge on any atom is 0.227 e. The molecule has 30 heavy (non-hydrogen) atoms. The maximum absolute atomic E-state index is 12.6. The lowest BCUT2D eigenvalue weighted by atomic mass is 9.95. The van der Waals surface area contributed by atoms with Crippen LogP contribution >= 0.6 is 0 Å². The fourth-order valence-corrected chi connectivity index (χ4v) is 3.60. The topological polar surface area (TPSA) is 88.1 Å². The molecule has 1 N–H and O–H groups in total. The third kappa shape index (κ3) is 4.51. The summed E-state index contributed by atoms with van der Waals surface area (Å²) in [5, 5.41) is 11.6. The lowest BCUT2D eigenvalue weighted by molar-refractivity contribution is -0.120. The van der Waals surface area contributed by atoms with Crippen molar-refractivity contribution in [3.05, 3.63) is 66.5 Å². The standard InChI is InChI=1S/C23H23N5O2/c1-16(29)19-3-2-4-20(15-19)25-23(30)18-9-13-28(14-10-18)22-6-5-21(26-27-22)17-7-11-24-12-8-17/h2-8,11-12,15,18H,9-10,13-14H2,1H3,(H,25,30). The van der Waals surface area contributed by atoms with E-state index < -0.39 is 0 Å². The Balaban J connectivity index is 1.34. The minimum atomic E-state index is -0.0636. The highest BCUT2D eigenvalue weighted by Crippen LogP contribution is 2.24. The van der Waals surface area contributed by atoms with Crippen molar-refractivity contribution in [3.63, 3.8) is 0 Å². The fraction of sp³-hybridized carbons (Fsp3) is 0.261. The molecule has 1 fully saturated rings. The summed E-state index contributed by atoms with van der Waals surface area (Å²) < 4.78 is 0. The van der Waals surface area contributed by atoms with E-state index in [4.69, 9.17) is 0 Å². The molecule has 0 bridgehead atoms. The average molecular weight is 401 g/mol. The lowest BCUT2D eigenvalue weighted by Gasteiger charge is -2.31. The molecule has 0 spiro atoms. The monoisotopic (exact) mass is 401 g/mol.